The van der Waals surface area contributed by atoms with Crippen LogP contribution in [0.4, 0.5) is 26.7 Å². The highest BCUT2D eigenvalue weighted by molar-refractivity contribution is 5.87. The number of H-pyrrole nitrogens is 1. The van der Waals surface area contributed by atoms with E-state index in [9.17, 15) is 36.3 Å². The van der Waals surface area contributed by atoms with E-state index in [1.165, 1.54) is 4.90 Å². The average molecular weight is 569 g/mol. The van der Waals surface area contributed by atoms with Gasteiger partial charge in [-0.15, -0.1) is 0 Å². The number of hydrogen-bond donors (Lipinski definition) is 2. The Labute approximate surface area is 227 Å². The molecule has 0 bridgehead atoms. The number of urea groups is 1. The standard InChI is InChI=1S/C26H27F5N6O3/c27-18-4-1-3-17(21(18)28)15-6-7-19(23(38)36(13-15)14-26(29,30)31)33-24(39)35-11-8-16(9-12-35)37-20-5-2-10-32-22(20)34-25(37)40/h1-5,10,15-16,19H,6-9,11-14H2,(H,33,39)(H,32,34,40)/t15-,19-/m1/s1/i6D2. The van der Waals surface area contributed by atoms with Crippen LogP contribution in [-0.4, -0.2) is 74.7 Å². The van der Waals surface area contributed by atoms with E-state index in [2.05, 4.69) is 15.3 Å². The third kappa shape index (κ3) is 5.65. The number of imidazole rings is 1. The predicted molar refractivity (Wildman–Crippen MR) is 133 cm³/mol. The third-order valence-electron chi connectivity index (χ3n) is 7.21. The monoisotopic (exact) mass is 568 g/mol. The number of aromatic amines is 1. The molecule has 1 aromatic carbocycles. The van der Waals surface area contributed by atoms with Gasteiger partial charge in [-0.1, -0.05) is 12.1 Å². The van der Waals surface area contributed by atoms with E-state index in [4.69, 9.17) is 2.74 Å². The molecule has 2 fully saturated rings. The van der Waals surface area contributed by atoms with Crippen LogP contribution >= 0.6 is 0 Å². The van der Waals surface area contributed by atoms with Crippen molar-refractivity contribution in [2.24, 2.45) is 0 Å². The Morgan fingerprint density at radius 2 is 1.88 bits per heavy atom. The highest BCUT2D eigenvalue weighted by Gasteiger charge is 2.40. The summed E-state index contributed by atoms with van der Waals surface area (Å²) in [7, 11) is 0. The van der Waals surface area contributed by atoms with Crippen LogP contribution in [0, 0.1) is 11.6 Å². The van der Waals surface area contributed by atoms with Crippen molar-refractivity contribution in [1.29, 1.82) is 0 Å². The molecule has 5 rings (SSSR count). The number of fused-ring (bicyclic) bond motifs is 1. The average Bonchev–Trinajstić information content (AvgIpc) is 3.22. The lowest BCUT2D eigenvalue weighted by Gasteiger charge is -2.34. The summed E-state index contributed by atoms with van der Waals surface area (Å²) in [5.41, 5.74) is 0.165. The van der Waals surface area contributed by atoms with Crippen LogP contribution in [-0.2, 0) is 4.79 Å². The molecule has 0 unspecified atom stereocenters. The molecule has 2 aliphatic heterocycles. The number of hydrogen-bond acceptors (Lipinski definition) is 4. The van der Waals surface area contributed by atoms with Gasteiger partial charge in [0.1, 0.15) is 12.6 Å². The maximum Gasteiger partial charge on any atom is 0.406 e. The Hall–Kier alpha value is -3.97. The van der Waals surface area contributed by atoms with E-state index in [0.29, 0.717) is 28.9 Å². The molecule has 2 N–H and O–H groups in total. The molecule has 2 aromatic heterocycles. The molecule has 2 aliphatic rings. The summed E-state index contributed by atoms with van der Waals surface area (Å²) < 4.78 is 87.6. The minimum atomic E-state index is -4.87. The fourth-order valence-electron chi connectivity index (χ4n) is 5.30. The molecule has 0 spiro atoms. The zero-order valence-electron chi connectivity index (χ0n) is 23.0. The van der Waals surface area contributed by atoms with Gasteiger partial charge < -0.3 is 15.1 Å². The predicted octanol–water partition coefficient (Wildman–Crippen LogP) is 3.69. The van der Waals surface area contributed by atoms with Gasteiger partial charge in [-0.3, -0.25) is 14.3 Å². The Balaban J connectivity index is 1.34. The van der Waals surface area contributed by atoms with E-state index in [-0.39, 0.29) is 24.8 Å². The van der Waals surface area contributed by atoms with Crippen molar-refractivity contribution >= 4 is 23.1 Å². The van der Waals surface area contributed by atoms with Gasteiger partial charge in [-0.05, 0) is 49.4 Å². The Kier molecular flexibility index (Phi) is 6.81. The SMILES string of the molecule is [2H]C1([2H])C[C@@H](NC(=O)N2CCC(n3c(=O)[nH]c4ncccc43)CC2)C(=O)N(CC(F)(F)F)C[C@@H]1c1cccc(F)c1F. The first kappa shape index (κ1) is 25.0. The smallest absolute Gasteiger partial charge is 0.331 e. The lowest BCUT2D eigenvalue weighted by atomic mass is 9.93. The number of benzene rings is 1. The van der Waals surface area contributed by atoms with Crippen molar-refractivity contribution < 1.29 is 34.3 Å². The highest BCUT2D eigenvalue weighted by atomic mass is 19.4. The molecule has 214 valence electrons. The van der Waals surface area contributed by atoms with Crippen LogP contribution in [0.2, 0.25) is 0 Å². The van der Waals surface area contributed by atoms with E-state index in [1.807, 2.05) is 0 Å². The Bertz CT molecular complexity index is 1550. The summed E-state index contributed by atoms with van der Waals surface area (Å²) in [6, 6.07) is 3.63. The summed E-state index contributed by atoms with van der Waals surface area (Å²) in [6.07, 6.45) is -5.88. The quantitative estimate of drug-likeness (QED) is 0.469. The van der Waals surface area contributed by atoms with Crippen LogP contribution in [0.1, 0.15) is 45.9 Å². The number of aromatic nitrogens is 3. The van der Waals surface area contributed by atoms with Crippen molar-refractivity contribution in [2.75, 3.05) is 26.2 Å². The first-order valence-electron chi connectivity index (χ1n) is 13.7. The summed E-state index contributed by atoms with van der Waals surface area (Å²) in [5.74, 6) is -5.54. The molecule has 0 saturated carbocycles. The normalized spacial score (nSPS) is 23.1. The molecule has 0 aliphatic carbocycles. The van der Waals surface area contributed by atoms with Gasteiger partial charge in [-0.25, -0.2) is 23.4 Å². The van der Waals surface area contributed by atoms with Crippen LogP contribution in [0.5, 0.6) is 0 Å². The zero-order chi connectivity index (χ0) is 30.4. The van der Waals surface area contributed by atoms with Crippen molar-refractivity contribution in [3.8, 4) is 0 Å². The molecule has 40 heavy (non-hydrogen) atoms. The fraction of sp³-hybridized carbons (Fsp3) is 0.462. The number of likely N-dealkylation sites (tertiary alicyclic amines) is 2. The lowest BCUT2D eigenvalue weighted by Crippen LogP contribution is -2.54. The van der Waals surface area contributed by atoms with Gasteiger partial charge in [-0.2, -0.15) is 13.2 Å². The molecular weight excluding hydrogens is 539 g/mol. The molecule has 2 saturated heterocycles. The Morgan fingerprint density at radius 1 is 1.12 bits per heavy atom. The number of nitrogens with one attached hydrogen (secondary N) is 2. The minimum Gasteiger partial charge on any atom is -0.331 e. The Morgan fingerprint density at radius 3 is 2.60 bits per heavy atom. The molecule has 3 amide bonds. The molecule has 14 heteroatoms. The van der Waals surface area contributed by atoms with E-state index in [1.54, 1.807) is 22.9 Å². The topological polar surface area (TPSA) is 103 Å². The summed E-state index contributed by atoms with van der Waals surface area (Å²) >= 11 is 0. The number of nitrogens with zero attached hydrogens (tertiary/aromatic N) is 4. The molecule has 2 atom stereocenters. The van der Waals surface area contributed by atoms with Gasteiger partial charge in [0, 0.05) is 40.5 Å². The molecule has 4 heterocycles. The van der Waals surface area contributed by atoms with E-state index < -0.39 is 73.2 Å². The number of amides is 3. The molecule has 3 aromatic rings. The van der Waals surface area contributed by atoms with E-state index in [0.717, 1.165) is 18.2 Å². The summed E-state index contributed by atoms with van der Waals surface area (Å²) in [5, 5.41) is 2.37. The highest BCUT2D eigenvalue weighted by Crippen LogP contribution is 2.32. The second-order valence-electron chi connectivity index (χ2n) is 9.83. The fourth-order valence-corrected chi connectivity index (χ4v) is 5.30. The van der Waals surface area contributed by atoms with Gasteiger partial charge in [0.2, 0.25) is 5.91 Å². The van der Waals surface area contributed by atoms with Crippen molar-refractivity contribution in [2.45, 2.75) is 49.8 Å². The third-order valence-corrected chi connectivity index (χ3v) is 7.21. The first-order valence-corrected chi connectivity index (χ1v) is 12.7. The van der Waals surface area contributed by atoms with Gasteiger partial charge in [0.15, 0.2) is 17.3 Å². The number of alkyl halides is 3. The van der Waals surface area contributed by atoms with Crippen LogP contribution < -0.4 is 11.0 Å². The first-order chi connectivity index (χ1) is 19.7. The van der Waals surface area contributed by atoms with Crippen LogP contribution in [0.25, 0.3) is 11.2 Å². The minimum absolute atomic E-state index is 0.146. The number of piperidine rings is 1. The van der Waals surface area contributed by atoms with Gasteiger partial charge in [0.25, 0.3) is 0 Å². The van der Waals surface area contributed by atoms with Crippen molar-refractivity contribution in [3.63, 3.8) is 0 Å². The lowest BCUT2D eigenvalue weighted by molar-refractivity contribution is -0.162. The van der Waals surface area contributed by atoms with Gasteiger partial charge >= 0.3 is 17.9 Å². The van der Waals surface area contributed by atoms with Crippen LogP contribution in [0.3, 0.4) is 0 Å². The van der Waals surface area contributed by atoms with Gasteiger partial charge in [0.05, 0.1) is 5.52 Å². The summed E-state index contributed by atoms with van der Waals surface area (Å²) in [4.78, 5) is 47.4. The summed E-state index contributed by atoms with van der Waals surface area (Å²) in [6.45, 7) is -2.35. The zero-order valence-corrected chi connectivity index (χ0v) is 21.0. The molecular formula is C26H27F5N6O3. The van der Waals surface area contributed by atoms with Crippen LogP contribution in [0.15, 0.2) is 41.3 Å². The maximum atomic E-state index is 14.6. The number of rotatable bonds is 4. The second kappa shape index (κ2) is 10.9. The van der Waals surface area contributed by atoms with Crippen molar-refractivity contribution in [3.05, 3.63) is 64.2 Å². The largest absolute Gasteiger partial charge is 0.406 e. The molecule has 0 radical (unpaired) electrons. The maximum absolute atomic E-state index is 14.6. The molecule has 9 nitrogen and oxygen atoms in total. The van der Waals surface area contributed by atoms with Crippen molar-refractivity contribution in [1.82, 2.24) is 29.7 Å². The number of carbonyl (C=O) groups excluding carboxylic acids is 2. The number of carbonyl (C=O) groups is 2. The number of halogens is 5. The second-order valence-corrected chi connectivity index (χ2v) is 9.83. The van der Waals surface area contributed by atoms with E-state index >= 15 is 0 Å². The number of pyridine rings is 1.